The molecule has 0 saturated carbocycles. The van der Waals surface area contributed by atoms with Crippen LogP contribution < -0.4 is 5.32 Å². The van der Waals surface area contributed by atoms with Crippen molar-refractivity contribution in [2.24, 2.45) is 0 Å². The summed E-state index contributed by atoms with van der Waals surface area (Å²) in [6.45, 7) is 4.48. The highest BCUT2D eigenvalue weighted by atomic mass is 32.1. The van der Waals surface area contributed by atoms with E-state index in [-0.39, 0.29) is 0 Å². The summed E-state index contributed by atoms with van der Waals surface area (Å²) in [4.78, 5) is 4.64. The van der Waals surface area contributed by atoms with Gasteiger partial charge in [-0.2, -0.15) is 0 Å². The molecule has 0 radical (unpaired) electrons. The monoisotopic (exact) mass is 248 g/mol. The minimum atomic E-state index is 1.10. The number of hydrogen-bond donors (Lipinski definition) is 1. The number of aromatic nitrogens is 1. The maximum atomic E-state index is 4.64. The Labute approximate surface area is 107 Å². The Kier molecular flexibility index (Phi) is 4.95. The first kappa shape index (κ1) is 12.5. The van der Waals surface area contributed by atoms with Gasteiger partial charge in [-0.3, -0.25) is 0 Å². The van der Waals surface area contributed by atoms with Crippen LogP contribution in [0.25, 0.3) is 10.2 Å². The molecule has 0 spiro atoms. The molecular weight excluding hydrogens is 228 g/mol. The van der Waals surface area contributed by atoms with E-state index in [0.29, 0.717) is 0 Å². The molecule has 0 unspecified atom stereocenters. The van der Waals surface area contributed by atoms with Gasteiger partial charge in [0.2, 0.25) is 0 Å². The zero-order valence-corrected chi connectivity index (χ0v) is 11.2. The van der Waals surface area contributed by atoms with Crippen LogP contribution in [0.3, 0.4) is 0 Å². The maximum absolute atomic E-state index is 4.64. The lowest BCUT2D eigenvalue weighted by molar-refractivity contribution is 0.616. The number of hydrogen-bond acceptors (Lipinski definition) is 3. The molecule has 1 aromatic heterocycles. The lowest BCUT2D eigenvalue weighted by atomic mass is 10.3. The molecule has 0 atom stereocenters. The number of fused-ring (bicyclic) bond motifs is 1. The zero-order chi connectivity index (χ0) is 11.9. The molecule has 3 heteroatoms. The van der Waals surface area contributed by atoms with E-state index in [9.17, 15) is 0 Å². The molecule has 0 saturated heterocycles. The summed E-state index contributed by atoms with van der Waals surface area (Å²) in [5, 5.41) is 4.73. The minimum absolute atomic E-state index is 1.10. The number of aryl methyl sites for hydroxylation is 1. The van der Waals surface area contributed by atoms with Gasteiger partial charge in [0.1, 0.15) is 0 Å². The highest BCUT2D eigenvalue weighted by Crippen LogP contribution is 2.22. The number of unbranched alkanes of at least 4 members (excludes halogenated alkanes) is 1. The third kappa shape index (κ3) is 3.79. The van der Waals surface area contributed by atoms with Crippen molar-refractivity contribution in [1.82, 2.24) is 10.3 Å². The minimum Gasteiger partial charge on any atom is -0.317 e. The van der Waals surface area contributed by atoms with Gasteiger partial charge in [-0.25, -0.2) is 4.98 Å². The topological polar surface area (TPSA) is 24.9 Å². The number of nitrogens with one attached hydrogen (secondary N) is 1. The Morgan fingerprint density at radius 2 is 2.00 bits per heavy atom. The van der Waals surface area contributed by atoms with E-state index in [0.717, 1.165) is 25.0 Å². The molecule has 0 fully saturated rings. The van der Waals surface area contributed by atoms with Gasteiger partial charge in [-0.1, -0.05) is 25.5 Å². The van der Waals surface area contributed by atoms with Crippen molar-refractivity contribution in [1.29, 1.82) is 0 Å². The molecule has 0 aliphatic carbocycles. The Balaban J connectivity index is 1.75. The quantitative estimate of drug-likeness (QED) is 0.757. The van der Waals surface area contributed by atoms with Crippen LogP contribution in [0.15, 0.2) is 24.3 Å². The molecular formula is C14H20N2S. The lowest BCUT2D eigenvalue weighted by Crippen LogP contribution is -2.16. The van der Waals surface area contributed by atoms with E-state index in [4.69, 9.17) is 0 Å². The van der Waals surface area contributed by atoms with Gasteiger partial charge < -0.3 is 5.32 Å². The molecule has 0 aliphatic heterocycles. The Morgan fingerprint density at radius 1 is 1.18 bits per heavy atom. The molecule has 1 N–H and O–H groups in total. The maximum Gasteiger partial charge on any atom is 0.0939 e. The molecule has 17 heavy (non-hydrogen) atoms. The highest BCUT2D eigenvalue weighted by molar-refractivity contribution is 7.18. The number of para-hydroxylation sites is 1. The summed E-state index contributed by atoms with van der Waals surface area (Å²) in [5.41, 5.74) is 1.14. The van der Waals surface area contributed by atoms with Crippen LogP contribution in [0.4, 0.5) is 0 Å². The fraction of sp³-hybridized carbons (Fsp3) is 0.500. The molecule has 0 bridgehead atoms. The van der Waals surface area contributed by atoms with Crippen LogP contribution in [0.5, 0.6) is 0 Å². The van der Waals surface area contributed by atoms with Gasteiger partial charge in [0.05, 0.1) is 15.2 Å². The van der Waals surface area contributed by atoms with Crippen molar-refractivity contribution >= 4 is 21.6 Å². The fourth-order valence-electron chi connectivity index (χ4n) is 1.82. The normalized spacial score (nSPS) is 11.1. The van der Waals surface area contributed by atoms with Gasteiger partial charge in [-0.05, 0) is 38.1 Å². The van der Waals surface area contributed by atoms with Crippen molar-refractivity contribution in [3.8, 4) is 0 Å². The van der Waals surface area contributed by atoms with Gasteiger partial charge in [0.25, 0.3) is 0 Å². The molecule has 1 aromatic carbocycles. The average molecular weight is 248 g/mol. The second-order valence-electron chi connectivity index (χ2n) is 4.28. The van der Waals surface area contributed by atoms with Crippen LogP contribution in [0.1, 0.15) is 31.2 Å². The van der Waals surface area contributed by atoms with Crippen molar-refractivity contribution in [3.63, 3.8) is 0 Å². The van der Waals surface area contributed by atoms with Crippen LogP contribution in [-0.2, 0) is 6.42 Å². The van der Waals surface area contributed by atoms with Gasteiger partial charge >= 0.3 is 0 Å². The van der Waals surface area contributed by atoms with Crippen molar-refractivity contribution in [3.05, 3.63) is 29.3 Å². The zero-order valence-electron chi connectivity index (χ0n) is 10.4. The number of benzene rings is 1. The van der Waals surface area contributed by atoms with Crippen LogP contribution in [0.2, 0.25) is 0 Å². The predicted octanol–water partition coefficient (Wildman–Crippen LogP) is 3.62. The molecule has 0 amide bonds. The molecule has 2 aromatic rings. The second-order valence-corrected chi connectivity index (χ2v) is 5.40. The van der Waals surface area contributed by atoms with Crippen molar-refractivity contribution in [2.75, 3.05) is 13.1 Å². The molecule has 92 valence electrons. The molecule has 2 nitrogen and oxygen atoms in total. The van der Waals surface area contributed by atoms with Gasteiger partial charge in [0.15, 0.2) is 0 Å². The van der Waals surface area contributed by atoms with Gasteiger partial charge in [-0.15, -0.1) is 11.3 Å². The van der Waals surface area contributed by atoms with Crippen LogP contribution >= 0.6 is 11.3 Å². The largest absolute Gasteiger partial charge is 0.317 e. The third-order valence-corrected chi connectivity index (χ3v) is 3.89. The first-order valence-corrected chi connectivity index (χ1v) is 7.27. The first-order chi connectivity index (χ1) is 8.40. The summed E-state index contributed by atoms with van der Waals surface area (Å²) >= 11 is 1.83. The summed E-state index contributed by atoms with van der Waals surface area (Å²) in [5.74, 6) is 0. The smallest absolute Gasteiger partial charge is 0.0939 e. The summed E-state index contributed by atoms with van der Waals surface area (Å²) in [7, 11) is 0. The van der Waals surface area contributed by atoms with Gasteiger partial charge in [0, 0.05) is 6.42 Å². The van der Waals surface area contributed by atoms with E-state index >= 15 is 0 Å². The van der Waals surface area contributed by atoms with E-state index in [2.05, 4.69) is 41.5 Å². The average Bonchev–Trinajstić information content (AvgIpc) is 2.76. The Bertz CT molecular complexity index is 417. The number of thiazole rings is 1. The summed E-state index contributed by atoms with van der Waals surface area (Å²) in [6.07, 6.45) is 4.83. The summed E-state index contributed by atoms with van der Waals surface area (Å²) < 4.78 is 1.31. The number of rotatable bonds is 7. The molecule has 2 rings (SSSR count). The lowest BCUT2D eigenvalue weighted by Gasteiger charge is -2.01. The van der Waals surface area contributed by atoms with E-state index < -0.39 is 0 Å². The standard InChI is InChI=1S/C14H20N2S/c1-2-3-10-15-11-6-9-14-16-12-7-4-5-8-13(12)17-14/h4-5,7-8,15H,2-3,6,9-11H2,1H3. The molecule has 0 aliphatic rings. The number of nitrogens with zero attached hydrogens (tertiary/aromatic N) is 1. The third-order valence-electron chi connectivity index (χ3n) is 2.79. The molecule has 1 heterocycles. The fourth-order valence-corrected chi connectivity index (χ4v) is 2.83. The second kappa shape index (κ2) is 6.72. The SMILES string of the molecule is CCCCNCCCc1nc2ccccc2s1. The van der Waals surface area contributed by atoms with E-state index in [1.54, 1.807) is 0 Å². The van der Waals surface area contributed by atoms with Crippen LogP contribution in [-0.4, -0.2) is 18.1 Å². The first-order valence-electron chi connectivity index (χ1n) is 6.45. The van der Waals surface area contributed by atoms with Crippen LogP contribution in [0, 0.1) is 0 Å². The predicted molar refractivity (Wildman–Crippen MR) is 75.7 cm³/mol. The highest BCUT2D eigenvalue weighted by Gasteiger charge is 2.02. The Morgan fingerprint density at radius 3 is 2.82 bits per heavy atom. The van der Waals surface area contributed by atoms with E-state index in [1.807, 2.05) is 11.3 Å². The van der Waals surface area contributed by atoms with E-state index in [1.165, 1.54) is 29.0 Å². The van der Waals surface area contributed by atoms with Crippen molar-refractivity contribution < 1.29 is 0 Å². The summed E-state index contributed by atoms with van der Waals surface area (Å²) in [6, 6.07) is 8.37. The Hall–Kier alpha value is -0.930. The van der Waals surface area contributed by atoms with Crippen molar-refractivity contribution in [2.45, 2.75) is 32.6 Å².